The van der Waals surface area contributed by atoms with E-state index in [0.717, 1.165) is 50.1 Å². The van der Waals surface area contributed by atoms with Crippen LogP contribution in [0.4, 0.5) is 0 Å². The lowest BCUT2D eigenvalue weighted by Crippen LogP contribution is -2.00. The topological polar surface area (TPSA) is 149 Å². The second-order valence-corrected chi connectivity index (χ2v) is 10.8. The summed E-state index contributed by atoms with van der Waals surface area (Å²) in [4.78, 5) is 27.2. The highest BCUT2D eigenvalue weighted by Crippen LogP contribution is 2.30. The molecular weight excluding hydrogens is 594 g/mol. The maximum atomic E-state index is 9.29. The molecule has 4 heterocycles. The Kier molecular flexibility index (Phi) is 7.88. The lowest BCUT2D eigenvalue weighted by atomic mass is 10.0. The molecule has 222 valence electrons. The first kappa shape index (κ1) is 29.3. The second kappa shape index (κ2) is 12.9. The summed E-state index contributed by atoms with van der Waals surface area (Å²) in [6.45, 7) is 0. The molecule has 0 bridgehead atoms. The Morgan fingerprint density at radius 1 is 0.312 bits per heavy atom. The molecule has 0 spiro atoms. The molecule has 0 unspecified atom stereocenters. The standard InChI is InChI=1S/C39H21N9/c40-16-25-13-34(22-43-19-25)28-1-7-31(8-2-28)37-46-38(32-9-3-29(4-10-32)35-14-26(17-41)20-44-23-35)48-39(47-37)33-11-5-30(6-12-33)36-15-27(18-42)21-45-24-36/h1-15,19-24H. The lowest BCUT2D eigenvalue weighted by Gasteiger charge is -2.10. The number of pyridine rings is 3. The van der Waals surface area contributed by atoms with Crippen LogP contribution >= 0.6 is 0 Å². The summed E-state index contributed by atoms with van der Waals surface area (Å²) < 4.78 is 0. The van der Waals surface area contributed by atoms with Gasteiger partial charge in [-0.25, -0.2) is 15.0 Å². The second-order valence-electron chi connectivity index (χ2n) is 10.8. The summed E-state index contributed by atoms with van der Waals surface area (Å²) in [5.41, 5.74) is 9.09. The van der Waals surface area contributed by atoms with Crippen molar-refractivity contribution >= 4 is 0 Å². The predicted molar refractivity (Wildman–Crippen MR) is 180 cm³/mol. The van der Waals surface area contributed by atoms with Crippen molar-refractivity contribution in [3.05, 3.63) is 145 Å². The molecule has 0 saturated heterocycles. The van der Waals surface area contributed by atoms with Crippen LogP contribution in [0.25, 0.3) is 67.5 Å². The minimum Gasteiger partial charge on any atom is -0.263 e. The number of hydrogen-bond acceptors (Lipinski definition) is 9. The van der Waals surface area contributed by atoms with Crippen LogP contribution in [0, 0.1) is 34.0 Å². The third-order valence-corrected chi connectivity index (χ3v) is 7.67. The van der Waals surface area contributed by atoms with Crippen molar-refractivity contribution in [3.63, 3.8) is 0 Å². The molecule has 7 rings (SSSR count). The fraction of sp³-hybridized carbons (Fsp3) is 0. The van der Waals surface area contributed by atoms with Gasteiger partial charge in [-0.05, 0) is 34.9 Å². The van der Waals surface area contributed by atoms with E-state index < -0.39 is 0 Å². The van der Waals surface area contributed by atoms with Gasteiger partial charge in [0.15, 0.2) is 17.5 Å². The number of aromatic nitrogens is 6. The van der Waals surface area contributed by atoms with E-state index in [-0.39, 0.29) is 0 Å². The van der Waals surface area contributed by atoms with E-state index in [2.05, 4.69) is 33.2 Å². The minimum absolute atomic E-state index is 0.489. The van der Waals surface area contributed by atoms with Gasteiger partial charge < -0.3 is 0 Å². The van der Waals surface area contributed by atoms with Crippen molar-refractivity contribution in [2.24, 2.45) is 0 Å². The van der Waals surface area contributed by atoms with E-state index in [9.17, 15) is 15.8 Å². The van der Waals surface area contributed by atoms with Gasteiger partial charge in [-0.1, -0.05) is 72.8 Å². The molecule has 4 aromatic heterocycles. The highest BCUT2D eigenvalue weighted by Gasteiger charge is 2.14. The fourth-order valence-corrected chi connectivity index (χ4v) is 5.18. The summed E-state index contributed by atoms with van der Waals surface area (Å²) in [6, 6.07) is 35.1. The Morgan fingerprint density at radius 3 is 0.812 bits per heavy atom. The highest BCUT2D eigenvalue weighted by molar-refractivity contribution is 5.73. The van der Waals surface area contributed by atoms with Gasteiger partial charge in [0.05, 0.1) is 16.7 Å². The average molecular weight is 616 g/mol. The van der Waals surface area contributed by atoms with E-state index in [4.69, 9.17) is 15.0 Å². The summed E-state index contributed by atoms with van der Waals surface area (Å²) in [5.74, 6) is 1.49. The Morgan fingerprint density at radius 2 is 0.562 bits per heavy atom. The molecule has 0 aliphatic rings. The monoisotopic (exact) mass is 615 g/mol. The van der Waals surface area contributed by atoms with Crippen LogP contribution < -0.4 is 0 Å². The van der Waals surface area contributed by atoms with Gasteiger partial charge in [0.25, 0.3) is 0 Å². The number of nitrogens with zero attached hydrogens (tertiary/aromatic N) is 9. The van der Waals surface area contributed by atoms with E-state index in [1.165, 1.54) is 18.6 Å². The third kappa shape index (κ3) is 6.09. The molecule has 0 saturated carbocycles. The molecule has 0 atom stereocenters. The van der Waals surface area contributed by atoms with E-state index in [1.807, 2.05) is 72.8 Å². The molecule has 7 aromatic rings. The van der Waals surface area contributed by atoms with Gasteiger partial charge in [0.2, 0.25) is 0 Å². The molecule has 0 N–H and O–H groups in total. The van der Waals surface area contributed by atoms with Gasteiger partial charge in [-0.3, -0.25) is 15.0 Å². The predicted octanol–water partition coefficient (Wildman–Crippen LogP) is 7.67. The van der Waals surface area contributed by atoms with Crippen LogP contribution in [0.3, 0.4) is 0 Å². The van der Waals surface area contributed by atoms with Gasteiger partial charge in [-0.2, -0.15) is 15.8 Å². The van der Waals surface area contributed by atoms with Crippen molar-refractivity contribution in [1.29, 1.82) is 15.8 Å². The first-order valence-electron chi connectivity index (χ1n) is 14.7. The zero-order valence-electron chi connectivity index (χ0n) is 25.1. The van der Waals surface area contributed by atoms with Crippen LogP contribution in [0.15, 0.2) is 128 Å². The van der Waals surface area contributed by atoms with E-state index >= 15 is 0 Å². The van der Waals surface area contributed by atoms with Crippen LogP contribution in [-0.2, 0) is 0 Å². The molecule has 48 heavy (non-hydrogen) atoms. The molecule has 0 radical (unpaired) electrons. The quantitative estimate of drug-likeness (QED) is 0.184. The van der Waals surface area contributed by atoms with Crippen LogP contribution in [0.1, 0.15) is 16.7 Å². The zero-order chi connectivity index (χ0) is 32.9. The summed E-state index contributed by atoms with van der Waals surface area (Å²) in [5, 5.41) is 27.9. The SMILES string of the molecule is N#Cc1cncc(-c2ccc(-c3nc(-c4ccc(-c5cncc(C#N)c5)cc4)nc(-c4ccc(-c5cncc(C#N)c5)cc4)n3)cc2)c1. The maximum absolute atomic E-state index is 9.29. The Balaban J connectivity index is 1.28. The molecule has 9 heteroatoms. The highest BCUT2D eigenvalue weighted by atomic mass is 15.0. The van der Waals surface area contributed by atoms with Crippen LogP contribution in [0.5, 0.6) is 0 Å². The number of nitriles is 3. The average Bonchev–Trinajstić information content (AvgIpc) is 3.18. The minimum atomic E-state index is 0.489. The molecule has 9 nitrogen and oxygen atoms in total. The van der Waals surface area contributed by atoms with Gasteiger partial charge in [0.1, 0.15) is 18.2 Å². The lowest BCUT2D eigenvalue weighted by molar-refractivity contribution is 1.07. The molecule has 0 amide bonds. The van der Waals surface area contributed by atoms with Crippen molar-refractivity contribution < 1.29 is 0 Å². The normalized spacial score (nSPS) is 10.4. The first-order chi connectivity index (χ1) is 23.6. The third-order valence-electron chi connectivity index (χ3n) is 7.67. The molecule has 0 aliphatic carbocycles. The molecule has 3 aromatic carbocycles. The Hall–Kier alpha value is -7.41. The zero-order valence-corrected chi connectivity index (χ0v) is 25.1. The van der Waals surface area contributed by atoms with Crippen LogP contribution in [-0.4, -0.2) is 29.9 Å². The summed E-state index contributed by atoms with van der Waals surface area (Å²) >= 11 is 0. The Bertz CT molecular complexity index is 2130. The Labute approximate surface area is 275 Å². The van der Waals surface area contributed by atoms with Gasteiger partial charge in [-0.15, -0.1) is 0 Å². The van der Waals surface area contributed by atoms with Gasteiger partial charge >= 0.3 is 0 Å². The van der Waals surface area contributed by atoms with Crippen molar-refractivity contribution in [2.75, 3.05) is 0 Å². The molecule has 0 fully saturated rings. The maximum Gasteiger partial charge on any atom is 0.164 e. The molecular formula is C39H21N9. The largest absolute Gasteiger partial charge is 0.263 e. The van der Waals surface area contributed by atoms with Crippen molar-refractivity contribution in [2.45, 2.75) is 0 Å². The molecule has 0 aliphatic heterocycles. The van der Waals surface area contributed by atoms with Gasteiger partial charge in [0, 0.05) is 70.6 Å². The van der Waals surface area contributed by atoms with E-state index in [1.54, 1.807) is 36.8 Å². The van der Waals surface area contributed by atoms with Crippen molar-refractivity contribution in [3.8, 4) is 85.8 Å². The van der Waals surface area contributed by atoms with Crippen LogP contribution in [0.2, 0.25) is 0 Å². The number of benzene rings is 3. The first-order valence-corrected chi connectivity index (χ1v) is 14.7. The van der Waals surface area contributed by atoms with E-state index in [0.29, 0.717) is 34.2 Å². The smallest absolute Gasteiger partial charge is 0.164 e. The summed E-state index contributed by atoms with van der Waals surface area (Å²) in [7, 11) is 0. The summed E-state index contributed by atoms with van der Waals surface area (Å²) in [6.07, 6.45) is 9.77. The number of hydrogen-bond donors (Lipinski definition) is 0. The van der Waals surface area contributed by atoms with Crippen molar-refractivity contribution in [1.82, 2.24) is 29.9 Å². The number of rotatable bonds is 6. The fourth-order valence-electron chi connectivity index (χ4n) is 5.18.